The van der Waals surface area contributed by atoms with Crippen molar-refractivity contribution in [3.8, 4) is 17.6 Å². The molecule has 6 nitrogen and oxygen atoms in total. The Morgan fingerprint density at radius 1 is 0.963 bits per heavy atom. The third kappa shape index (κ3) is 5.58. The molecule has 0 amide bonds. The van der Waals surface area contributed by atoms with Crippen LogP contribution in [0.3, 0.4) is 0 Å². The molecule has 2 atom stereocenters. The molecule has 0 bridgehead atoms. The second-order valence-corrected chi connectivity index (χ2v) is 5.80. The van der Waals surface area contributed by atoms with E-state index in [1.807, 2.05) is 13.0 Å². The molecule has 0 radical (unpaired) electrons. The Hall–Kier alpha value is -3.33. The maximum atomic E-state index is 12.4. The molecular weight excluding hydrogens is 346 g/mol. The number of nitrogens with zero attached hydrogens (tertiary/aromatic N) is 1. The number of carbonyl (C=O) groups is 2. The Kier molecular flexibility index (Phi) is 6.95. The summed E-state index contributed by atoms with van der Waals surface area (Å²) in [5.74, 6) is 0.148. The van der Waals surface area contributed by atoms with Gasteiger partial charge in [-0.3, -0.25) is 4.79 Å². The largest absolute Gasteiger partial charge is 0.494 e. The van der Waals surface area contributed by atoms with E-state index in [9.17, 15) is 9.59 Å². The lowest BCUT2D eigenvalue weighted by molar-refractivity contribution is -0.153. The zero-order valence-corrected chi connectivity index (χ0v) is 15.5. The quantitative estimate of drug-likeness (QED) is 0.524. The zero-order valence-electron chi connectivity index (χ0n) is 15.5. The van der Waals surface area contributed by atoms with Crippen LogP contribution in [0.2, 0.25) is 0 Å². The van der Waals surface area contributed by atoms with Gasteiger partial charge in [0.2, 0.25) is 5.78 Å². The second kappa shape index (κ2) is 9.39. The third-order valence-corrected chi connectivity index (χ3v) is 3.74. The molecule has 0 aliphatic heterocycles. The molecule has 2 rings (SSSR count). The van der Waals surface area contributed by atoms with Gasteiger partial charge in [0.1, 0.15) is 11.5 Å². The maximum absolute atomic E-state index is 12.4. The molecule has 0 N–H and O–H groups in total. The first kappa shape index (κ1) is 20.0. The summed E-state index contributed by atoms with van der Waals surface area (Å²) in [6, 6.07) is 15.0. The number of esters is 1. The molecule has 0 fully saturated rings. The molecule has 0 heterocycles. The van der Waals surface area contributed by atoms with Gasteiger partial charge >= 0.3 is 5.97 Å². The minimum atomic E-state index is -0.942. The molecule has 6 heteroatoms. The van der Waals surface area contributed by atoms with Gasteiger partial charge in [-0.2, -0.15) is 5.26 Å². The number of rotatable bonds is 8. The van der Waals surface area contributed by atoms with E-state index >= 15 is 0 Å². The van der Waals surface area contributed by atoms with Crippen LogP contribution >= 0.6 is 0 Å². The van der Waals surface area contributed by atoms with E-state index in [4.69, 9.17) is 19.5 Å². The zero-order chi connectivity index (χ0) is 19.8. The van der Waals surface area contributed by atoms with Gasteiger partial charge in [0, 0.05) is 5.56 Å². The third-order valence-electron chi connectivity index (χ3n) is 3.74. The number of ketones is 1. The van der Waals surface area contributed by atoms with Gasteiger partial charge in [-0.25, -0.2) is 4.79 Å². The predicted molar refractivity (Wildman–Crippen MR) is 98.7 cm³/mol. The first-order valence-electron chi connectivity index (χ1n) is 8.59. The lowest BCUT2D eigenvalue weighted by Crippen LogP contribution is -2.32. The molecule has 0 aliphatic rings. The Balaban J connectivity index is 1.92. The minimum absolute atomic E-state index is 0.308. The van der Waals surface area contributed by atoms with E-state index < -0.39 is 18.2 Å². The van der Waals surface area contributed by atoms with Gasteiger partial charge in [0.05, 0.1) is 18.2 Å². The fourth-order valence-electron chi connectivity index (χ4n) is 2.30. The van der Waals surface area contributed by atoms with E-state index in [1.54, 1.807) is 48.5 Å². The first-order valence-corrected chi connectivity index (χ1v) is 8.59. The van der Waals surface area contributed by atoms with Gasteiger partial charge in [-0.05, 0) is 69.3 Å². The van der Waals surface area contributed by atoms with Crippen molar-refractivity contribution in [3.63, 3.8) is 0 Å². The van der Waals surface area contributed by atoms with Crippen LogP contribution in [0.4, 0.5) is 0 Å². The topological polar surface area (TPSA) is 85.6 Å². The van der Waals surface area contributed by atoms with Gasteiger partial charge in [-0.1, -0.05) is 0 Å². The van der Waals surface area contributed by atoms with Crippen molar-refractivity contribution in [2.75, 3.05) is 6.61 Å². The molecule has 2 aromatic rings. The molecule has 140 valence electrons. The number of Topliss-reactive ketones (excluding diaryl/α,β-unsaturated/α-hetero) is 1. The van der Waals surface area contributed by atoms with Gasteiger partial charge in [0.25, 0.3) is 0 Å². The van der Waals surface area contributed by atoms with Crippen molar-refractivity contribution in [2.24, 2.45) is 0 Å². The fraction of sp³-hybridized carbons (Fsp3) is 0.286. The minimum Gasteiger partial charge on any atom is -0.494 e. The highest BCUT2D eigenvalue weighted by atomic mass is 16.6. The van der Waals surface area contributed by atoms with Gasteiger partial charge in [-0.15, -0.1) is 0 Å². The number of hydrogen-bond donors (Lipinski definition) is 0. The predicted octanol–water partition coefficient (Wildman–Crippen LogP) is 3.54. The van der Waals surface area contributed by atoms with E-state index in [2.05, 4.69) is 0 Å². The monoisotopic (exact) mass is 367 g/mol. The van der Waals surface area contributed by atoms with E-state index in [1.165, 1.54) is 13.8 Å². The molecule has 0 spiro atoms. The smallest absolute Gasteiger partial charge is 0.347 e. The summed E-state index contributed by atoms with van der Waals surface area (Å²) < 4.78 is 16.1. The number of hydrogen-bond acceptors (Lipinski definition) is 6. The van der Waals surface area contributed by atoms with Crippen LogP contribution in [0.15, 0.2) is 48.5 Å². The van der Waals surface area contributed by atoms with Crippen LogP contribution in [0, 0.1) is 11.3 Å². The lowest BCUT2D eigenvalue weighted by Gasteiger charge is -2.17. The molecule has 0 aromatic heterocycles. The van der Waals surface area contributed by atoms with Crippen LogP contribution in [0.25, 0.3) is 0 Å². The number of carbonyl (C=O) groups excluding carboxylic acids is 2. The summed E-state index contributed by atoms with van der Waals surface area (Å²) in [6.45, 7) is 5.47. The van der Waals surface area contributed by atoms with Crippen molar-refractivity contribution in [1.29, 1.82) is 5.26 Å². The lowest BCUT2D eigenvalue weighted by atomic mass is 10.1. The van der Waals surface area contributed by atoms with Crippen LogP contribution in [-0.2, 0) is 9.53 Å². The average molecular weight is 367 g/mol. The van der Waals surface area contributed by atoms with Crippen molar-refractivity contribution in [1.82, 2.24) is 0 Å². The van der Waals surface area contributed by atoms with Crippen LogP contribution in [0.1, 0.15) is 36.7 Å². The standard InChI is InChI=1S/C21H21NO5/c1-4-25-18-11-7-17(8-12-18)20(23)14(2)27-21(24)15(3)26-19-9-5-16(13-22)6-10-19/h5-12,14-15H,4H2,1-3H3/t14-,15+/m1/s1. The molecule has 2 aromatic carbocycles. The van der Waals surface area contributed by atoms with Crippen molar-refractivity contribution < 1.29 is 23.8 Å². The normalized spacial score (nSPS) is 12.4. The SMILES string of the molecule is CCOc1ccc(C(=O)[C@@H](C)OC(=O)[C@H](C)Oc2ccc(C#N)cc2)cc1. The molecule has 0 saturated carbocycles. The summed E-state index contributed by atoms with van der Waals surface area (Å²) in [6.07, 6.45) is -1.84. The second-order valence-electron chi connectivity index (χ2n) is 5.80. The number of ether oxygens (including phenoxy) is 3. The fourth-order valence-corrected chi connectivity index (χ4v) is 2.30. The molecular formula is C21H21NO5. The van der Waals surface area contributed by atoms with Gasteiger partial charge in [0.15, 0.2) is 12.2 Å². The van der Waals surface area contributed by atoms with E-state index in [0.29, 0.717) is 29.2 Å². The Labute approximate surface area is 158 Å². The van der Waals surface area contributed by atoms with E-state index in [-0.39, 0.29) is 5.78 Å². The number of nitriles is 1. The van der Waals surface area contributed by atoms with E-state index in [0.717, 1.165) is 0 Å². The Morgan fingerprint density at radius 2 is 1.56 bits per heavy atom. The van der Waals surface area contributed by atoms with Crippen LogP contribution in [0.5, 0.6) is 11.5 Å². The van der Waals surface area contributed by atoms with Crippen molar-refractivity contribution in [3.05, 3.63) is 59.7 Å². The summed E-state index contributed by atoms with van der Waals surface area (Å²) in [5, 5.41) is 8.78. The summed E-state index contributed by atoms with van der Waals surface area (Å²) in [4.78, 5) is 24.6. The highest BCUT2D eigenvalue weighted by Crippen LogP contribution is 2.16. The Bertz CT molecular complexity index is 821. The molecule has 0 aliphatic carbocycles. The molecule has 0 unspecified atom stereocenters. The summed E-state index contributed by atoms with van der Waals surface area (Å²) >= 11 is 0. The molecule has 27 heavy (non-hydrogen) atoms. The summed E-state index contributed by atoms with van der Waals surface area (Å²) in [5.41, 5.74) is 0.923. The van der Waals surface area contributed by atoms with Crippen LogP contribution < -0.4 is 9.47 Å². The van der Waals surface area contributed by atoms with Crippen LogP contribution in [-0.4, -0.2) is 30.6 Å². The summed E-state index contributed by atoms with van der Waals surface area (Å²) in [7, 11) is 0. The molecule has 0 saturated heterocycles. The maximum Gasteiger partial charge on any atom is 0.347 e. The first-order chi connectivity index (χ1) is 12.9. The van der Waals surface area contributed by atoms with Crippen molar-refractivity contribution >= 4 is 11.8 Å². The highest BCUT2D eigenvalue weighted by Gasteiger charge is 2.24. The average Bonchev–Trinajstić information content (AvgIpc) is 2.68. The number of benzene rings is 2. The Morgan fingerprint density at radius 3 is 2.11 bits per heavy atom. The van der Waals surface area contributed by atoms with Gasteiger partial charge < -0.3 is 14.2 Å². The van der Waals surface area contributed by atoms with Crippen molar-refractivity contribution in [2.45, 2.75) is 33.0 Å². The highest BCUT2D eigenvalue weighted by molar-refractivity contribution is 6.00.